The summed E-state index contributed by atoms with van der Waals surface area (Å²) in [5.41, 5.74) is 0.373. The lowest BCUT2D eigenvalue weighted by atomic mass is 10.3. The van der Waals surface area contributed by atoms with E-state index in [-0.39, 0.29) is 18.1 Å². The van der Waals surface area contributed by atoms with Crippen LogP contribution in [-0.2, 0) is 14.8 Å². The summed E-state index contributed by atoms with van der Waals surface area (Å²) in [5, 5.41) is 4.99. The van der Waals surface area contributed by atoms with E-state index in [1.165, 1.54) is 36.6 Å². The van der Waals surface area contributed by atoms with Gasteiger partial charge in [0.2, 0.25) is 10.0 Å². The Morgan fingerprint density at radius 2 is 1.86 bits per heavy atom. The molecule has 0 aliphatic carbocycles. The molecule has 1 heterocycles. The van der Waals surface area contributed by atoms with Crippen LogP contribution in [0.25, 0.3) is 0 Å². The first-order valence-electron chi connectivity index (χ1n) is 6.35. The summed E-state index contributed by atoms with van der Waals surface area (Å²) in [5.74, 6) is 0.451. The molecule has 1 aromatic heterocycles. The molecule has 0 amide bonds. The molecule has 0 atom stereocenters. The lowest BCUT2D eigenvalue weighted by molar-refractivity contribution is 0.0448. The third-order valence-corrected chi connectivity index (χ3v) is 3.75. The van der Waals surface area contributed by atoms with Crippen LogP contribution in [0.5, 0.6) is 5.75 Å². The molecule has 0 unspecified atom stereocenters. The SMILES string of the molecule is Cc1occc1C(=O)OCCOc1ccc(S(N)(=O)=O)cc1. The van der Waals surface area contributed by atoms with Crippen molar-refractivity contribution in [2.45, 2.75) is 11.8 Å². The number of aryl methyl sites for hydroxylation is 1. The van der Waals surface area contributed by atoms with Gasteiger partial charge in [0.1, 0.15) is 30.3 Å². The fourth-order valence-electron chi connectivity index (χ4n) is 1.69. The summed E-state index contributed by atoms with van der Waals surface area (Å²) in [7, 11) is -3.72. The minimum Gasteiger partial charge on any atom is -0.490 e. The van der Waals surface area contributed by atoms with E-state index in [2.05, 4.69) is 0 Å². The molecule has 1 aromatic carbocycles. The van der Waals surface area contributed by atoms with Crippen molar-refractivity contribution < 1.29 is 27.1 Å². The van der Waals surface area contributed by atoms with Gasteiger partial charge in [0.15, 0.2) is 0 Å². The maximum absolute atomic E-state index is 11.7. The van der Waals surface area contributed by atoms with Gasteiger partial charge in [-0.15, -0.1) is 0 Å². The van der Waals surface area contributed by atoms with E-state index in [9.17, 15) is 13.2 Å². The number of carbonyl (C=O) groups excluding carboxylic acids is 1. The Morgan fingerprint density at radius 3 is 2.41 bits per heavy atom. The minimum absolute atomic E-state index is 0.00158. The number of sulfonamides is 1. The zero-order valence-corrected chi connectivity index (χ0v) is 12.6. The average molecular weight is 325 g/mol. The Balaban J connectivity index is 1.80. The number of primary sulfonamides is 1. The summed E-state index contributed by atoms with van der Waals surface area (Å²) in [4.78, 5) is 11.7. The summed E-state index contributed by atoms with van der Waals surface area (Å²) in [6, 6.07) is 7.16. The highest BCUT2D eigenvalue weighted by Gasteiger charge is 2.12. The molecule has 0 fully saturated rings. The van der Waals surface area contributed by atoms with Gasteiger partial charge < -0.3 is 13.9 Å². The number of hydrogen-bond acceptors (Lipinski definition) is 6. The first-order valence-corrected chi connectivity index (χ1v) is 7.89. The molecule has 22 heavy (non-hydrogen) atoms. The van der Waals surface area contributed by atoms with Gasteiger partial charge in [0.25, 0.3) is 0 Å². The van der Waals surface area contributed by atoms with Crippen LogP contribution in [0.4, 0.5) is 0 Å². The normalized spacial score (nSPS) is 11.2. The topological polar surface area (TPSA) is 109 Å². The van der Waals surface area contributed by atoms with Crippen molar-refractivity contribution >= 4 is 16.0 Å². The molecule has 8 heteroatoms. The van der Waals surface area contributed by atoms with Crippen LogP contribution in [0.15, 0.2) is 45.9 Å². The molecule has 0 spiro atoms. The maximum atomic E-state index is 11.7. The zero-order valence-electron chi connectivity index (χ0n) is 11.8. The number of carbonyl (C=O) groups is 1. The Kier molecular flexibility index (Phi) is 4.84. The first kappa shape index (κ1) is 16.1. The average Bonchev–Trinajstić information content (AvgIpc) is 2.89. The second-order valence-corrected chi connectivity index (χ2v) is 5.95. The summed E-state index contributed by atoms with van der Waals surface area (Å²) < 4.78 is 37.6. The highest BCUT2D eigenvalue weighted by atomic mass is 32.2. The highest BCUT2D eigenvalue weighted by Crippen LogP contribution is 2.15. The molecule has 0 aliphatic heterocycles. The van der Waals surface area contributed by atoms with Gasteiger partial charge in [-0.05, 0) is 37.3 Å². The third-order valence-electron chi connectivity index (χ3n) is 2.82. The molecule has 2 rings (SSSR count). The summed E-state index contributed by atoms with van der Waals surface area (Å²) in [6.45, 7) is 1.86. The zero-order chi connectivity index (χ0) is 16.2. The summed E-state index contributed by atoms with van der Waals surface area (Å²) in [6.07, 6.45) is 1.41. The number of furan rings is 1. The third kappa shape index (κ3) is 4.09. The van der Waals surface area contributed by atoms with E-state index in [4.69, 9.17) is 19.0 Å². The molecule has 0 aliphatic rings. The smallest absolute Gasteiger partial charge is 0.341 e. The second kappa shape index (κ2) is 6.63. The minimum atomic E-state index is -3.72. The Hall–Kier alpha value is -2.32. The Bertz CT molecular complexity index is 748. The van der Waals surface area contributed by atoms with Gasteiger partial charge in [-0.1, -0.05) is 0 Å². The van der Waals surface area contributed by atoms with Crippen molar-refractivity contribution in [1.29, 1.82) is 0 Å². The highest BCUT2D eigenvalue weighted by molar-refractivity contribution is 7.89. The van der Waals surface area contributed by atoms with E-state index in [1.807, 2.05) is 0 Å². The van der Waals surface area contributed by atoms with Crippen LogP contribution in [0.3, 0.4) is 0 Å². The molecular weight excluding hydrogens is 310 g/mol. The summed E-state index contributed by atoms with van der Waals surface area (Å²) >= 11 is 0. The molecule has 0 saturated carbocycles. The number of esters is 1. The molecule has 2 N–H and O–H groups in total. The molecular formula is C14H15NO6S. The quantitative estimate of drug-likeness (QED) is 0.636. The number of nitrogens with two attached hydrogens (primary N) is 1. The Labute approximate surface area is 127 Å². The second-order valence-electron chi connectivity index (χ2n) is 4.39. The van der Waals surface area contributed by atoms with Crippen molar-refractivity contribution in [1.82, 2.24) is 0 Å². The fourth-order valence-corrected chi connectivity index (χ4v) is 2.21. The molecule has 2 aromatic rings. The lowest BCUT2D eigenvalue weighted by Crippen LogP contribution is -2.13. The molecule has 0 bridgehead atoms. The van der Waals surface area contributed by atoms with Crippen molar-refractivity contribution in [2.24, 2.45) is 5.14 Å². The first-order chi connectivity index (χ1) is 10.4. The van der Waals surface area contributed by atoms with Gasteiger partial charge >= 0.3 is 5.97 Å². The molecule has 0 radical (unpaired) electrons. The van der Waals surface area contributed by atoms with Crippen LogP contribution < -0.4 is 9.88 Å². The predicted octanol–water partition coefficient (Wildman–Crippen LogP) is 1.47. The van der Waals surface area contributed by atoms with E-state index < -0.39 is 16.0 Å². The lowest BCUT2D eigenvalue weighted by Gasteiger charge is -2.07. The molecule has 0 saturated heterocycles. The molecule has 118 valence electrons. The van der Waals surface area contributed by atoms with Crippen LogP contribution >= 0.6 is 0 Å². The standard InChI is InChI=1S/C14H15NO6S/c1-10-13(6-7-19-10)14(16)21-9-8-20-11-2-4-12(5-3-11)22(15,17)18/h2-7H,8-9H2,1H3,(H2,15,17,18). The van der Waals surface area contributed by atoms with E-state index >= 15 is 0 Å². The number of ether oxygens (including phenoxy) is 2. The maximum Gasteiger partial charge on any atom is 0.341 e. The van der Waals surface area contributed by atoms with Crippen molar-refractivity contribution in [3.8, 4) is 5.75 Å². The number of benzene rings is 1. The number of rotatable bonds is 6. The van der Waals surface area contributed by atoms with Crippen LogP contribution in [0.1, 0.15) is 16.1 Å². The van der Waals surface area contributed by atoms with Crippen molar-refractivity contribution in [3.05, 3.63) is 47.9 Å². The van der Waals surface area contributed by atoms with Gasteiger partial charge in [-0.2, -0.15) is 0 Å². The van der Waals surface area contributed by atoms with E-state index in [0.29, 0.717) is 17.1 Å². The van der Waals surface area contributed by atoms with Crippen molar-refractivity contribution in [3.63, 3.8) is 0 Å². The Morgan fingerprint density at radius 1 is 1.18 bits per heavy atom. The molecule has 7 nitrogen and oxygen atoms in total. The van der Waals surface area contributed by atoms with Gasteiger partial charge in [-0.3, -0.25) is 0 Å². The van der Waals surface area contributed by atoms with Crippen LogP contribution in [0.2, 0.25) is 0 Å². The van der Waals surface area contributed by atoms with Gasteiger partial charge in [0.05, 0.1) is 11.2 Å². The van der Waals surface area contributed by atoms with E-state index in [1.54, 1.807) is 6.92 Å². The largest absolute Gasteiger partial charge is 0.490 e. The van der Waals surface area contributed by atoms with Gasteiger partial charge in [-0.25, -0.2) is 18.4 Å². The van der Waals surface area contributed by atoms with Crippen LogP contribution in [-0.4, -0.2) is 27.6 Å². The van der Waals surface area contributed by atoms with E-state index in [0.717, 1.165) is 0 Å². The van der Waals surface area contributed by atoms with Gasteiger partial charge in [0, 0.05) is 0 Å². The predicted molar refractivity (Wildman–Crippen MR) is 77.0 cm³/mol. The number of hydrogen-bond donors (Lipinski definition) is 1. The monoisotopic (exact) mass is 325 g/mol. The fraction of sp³-hybridized carbons (Fsp3) is 0.214. The van der Waals surface area contributed by atoms with Crippen molar-refractivity contribution in [2.75, 3.05) is 13.2 Å². The van der Waals surface area contributed by atoms with Crippen LogP contribution in [0, 0.1) is 6.92 Å².